The van der Waals surface area contributed by atoms with Gasteiger partial charge in [0, 0.05) is 29.7 Å². The number of nitrogens with one attached hydrogen (secondary N) is 1. The highest BCUT2D eigenvalue weighted by Gasteiger charge is 2.30. The number of hydrogen-bond acceptors (Lipinski definition) is 3. The number of nitrogens with zero attached hydrogens (tertiary/aromatic N) is 3. The van der Waals surface area contributed by atoms with Gasteiger partial charge in [-0.3, -0.25) is 9.69 Å². The molecule has 3 aromatic rings. The summed E-state index contributed by atoms with van der Waals surface area (Å²) >= 11 is 3.38. The highest BCUT2D eigenvalue weighted by molar-refractivity contribution is 9.10. The summed E-state index contributed by atoms with van der Waals surface area (Å²) in [6.45, 7) is 4.49. The monoisotopic (exact) mass is 468 g/mol. The third-order valence-corrected chi connectivity index (χ3v) is 6.22. The highest BCUT2D eigenvalue weighted by atomic mass is 79.9. The van der Waals surface area contributed by atoms with Crippen molar-refractivity contribution in [1.29, 1.82) is 0 Å². The second-order valence-corrected chi connectivity index (χ2v) is 8.66. The van der Waals surface area contributed by atoms with Gasteiger partial charge in [0.05, 0.1) is 0 Å². The molecule has 4 rings (SSSR count). The summed E-state index contributed by atoms with van der Waals surface area (Å²) in [6.07, 6.45) is 3.72. The zero-order valence-corrected chi connectivity index (χ0v) is 18.5. The second-order valence-electron chi connectivity index (χ2n) is 7.74. The molecule has 0 saturated carbocycles. The van der Waals surface area contributed by atoms with Crippen molar-refractivity contribution in [1.82, 2.24) is 9.47 Å². The van der Waals surface area contributed by atoms with E-state index in [1.807, 2.05) is 29.7 Å². The van der Waals surface area contributed by atoms with Crippen LogP contribution in [0.2, 0.25) is 0 Å². The first kappa shape index (κ1) is 20.6. The lowest BCUT2D eigenvalue weighted by molar-refractivity contribution is -0.607. The van der Waals surface area contributed by atoms with Crippen LogP contribution in [0, 0.1) is 12.1 Å². The van der Waals surface area contributed by atoms with Gasteiger partial charge in [-0.25, -0.2) is 9.30 Å². The second kappa shape index (κ2) is 9.02. The van der Waals surface area contributed by atoms with Gasteiger partial charge in [-0.1, -0.05) is 46.3 Å². The van der Waals surface area contributed by atoms with Crippen molar-refractivity contribution in [2.24, 2.45) is 0 Å². The molecular weight excluding hydrogens is 444 g/mol. The molecule has 1 amide bonds. The maximum Gasteiger partial charge on any atom is 0.300 e. The Balaban J connectivity index is 1.47. The number of rotatable bonds is 6. The Hall–Kier alpha value is -2.64. The van der Waals surface area contributed by atoms with Crippen molar-refractivity contribution in [3.8, 4) is 0 Å². The molecule has 7 heteroatoms. The van der Waals surface area contributed by atoms with Crippen LogP contribution in [0.15, 0.2) is 65.4 Å². The fourth-order valence-corrected chi connectivity index (χ4v) is 4.36. The van der Waals surface area contributed by atoms with Crippen molar-refractivity contribution in [3.05, 3.63) is 87.6 Å². The fraction of sp³-hybridized carbons (Fsp3) is 0.304. The van der Waals surface area contributed by atoms with Gasteiger partial charge >= 0.3 is 0 Å². The van der Waals surface area contributed by atoms with Gasteiger partial charge in [0.15, 0.2) is 5.69 Å². The molecule has 1 N–H and O–H groups in total. The van der Waals surface area contributed by atoms with Gasteiger partial charge in [-0.05, 0) is 49.2 Å². The summed E-state index contributed by atoms with van der Waals surface area (Å²) in [5.74, 6) is -0.392. The molecule has 2 aromatic carbocycles. The number of hydrogen-bond donors (Lipinski definition) is 1. The van der Waals surface area contributed by atoms with E-state index >= 15 is 0 Å². The van der Waals surface area contributed by atoms with E-state index in [2.05, 4.69) is 50.4 Å². The average molecular weight is 469 g/mol. The van der Waals surface area contributed by atoms with Gasteiger partial charge < -0.3 is 10.5 Å². The summed E-state index contributed by atoms with van der Waals surface area (Å²) in [6, 6.07) is 18.1. The Morgan fingerprint density at radius 1 is 1.20 bits per heavy atom. The molecule has 30 heavy (non-hydrogen) atoms. The number of carbonyl (C=O) groups is 1. The first-order valence-corrected chi connectivity index (χ1v) is 10.9. The standard InChI is InChI=1S/C23H25BrN4O2/c1-17-22(23(29)25-20-11-9-19(24)10-12-20)28(30)16-27(17)15-21-8-5-13-26(21)14-18-6-3-2-4-7-18/h2-4,6-7,9-12,16,21H,5,8,13-15H2,1H3,(H,25,29)/t21-/m0/s1. The Kier molecular flexibility index (Phi) is 6.20. The van der Waals surface area contributed by atoms with Crippen molar-refractivity contribution < 1.29 is 9.52 Å². The molecule has 1 fully saturated rings. The number of aromatic nitrogens is 2. The highest BCUT2D eigenvalue weighted by Crippen LogP contribution is 2.22. The normalized spacial score (nSPS) is 16.7. The molecule has 1 aliphatic rings. The summed E-state index contributed by atoms with van der Waals surface area (Å²) in [5, 5.41) is 15.3. The number of benzene rings is 2. The largest absolute Gasteiger partial charge is 0.710 e. The van der Waals surface area contributed by atoms with Crippen LogP contribution in [0.5, 0.6) is 0 Å². The third kappa shape index (κ3) is 4.57. The van der Waals surface area contributed by atoms with Crippen LogP contribution < -0.4 is 10.0 Å². The van der Waals surface area contributed by atoms with Crippen LogP contribution in [0.1, 0.15) is 34.6 Å². The number of halogens is 1. The molecule has 1 atom stereocenters. The number of amides is 1. The lowest BCUT2D eigenvalue weighted by Gasteiger charge is -2.23. The minimum atomic E-state index is -0.392. The molecule has 2 heterocycles. The minimum absolute atomic E-state index is 0.144. The van der Waals surface area contributed by atoms with Gasteiger partial charge in [-0.2, -0.15) is 0 Å². The summed E-state index contributed by atoms with van der Waals surface area (Å²) in [5.41, 5.74) is 2.78. The maximum atomic E-state index is 12.7. The van der Waals surface area contributed by atoms with E-state index in [1.165, 1.54) is 11.9 Å². The molecule has 0 unspecified atom stereocenters. The quantitative estimate of drug-likeness (QED) is 0.437. The van der Waals surface area contributed by atoms with Crippen molar-refractivity contribution in [2.45, 2.75) is 38.9 Å². The van der Waals surface area contributed by atoms with Gasteiger partial charge in [-0.15, -0.1) is 0 Å². The Labute approximate surface area is 184 Å². The zero-order valence-electron chi connectivity index (χ0n) is 16.9. The summed E-state index contributed by atoms with van der Waals surface area (Å²) in [4.78, 5) is 15.2. The van der Waals surface area contributed by atoms with Gasteiger partial charge in [0.1, 0.15) is 6.54 Å². The Morgan fingerprint density at radius 3 is 2.67 bits per heavy atom. The molecule has 0 bridgehead atoms. The lowest BCUT2D eigenvalue weighted by Crippen LogP contribution is -2.34. The van der Waals surface area contributed by atoms with E-state index in [-0.39, 0.29) is 5.69 Å². The molecule has 0 aliphatic carbocycles. The van der Waals surface area contributed by atoms with E-state index in [1.54, 1.807) is 12.1 Å². The molecule has 156 valence electrons. The van der Waals surface area contributed by atoms with Crippen LogP contribution in [0.3, 0.4) is 0 Å². The Bertz CT molecular complexity index is 1020. The van der Waals surface area contributed by atoms with Crippen molar-refractivity contribution in [3.63, 3.8) is 0 Å². The smallest absolute Gasteiger partial charge is 0.300 e. The number of anilines is 1. The van der Waals surface area contributed by atoms with E-state index in [9.17, 15) is 10.0 Å². The van der Waals surface area contributed by atoms with Crippen LogP contribution in [0.25, 0.3) is 0 Å². The van der Waals surface area contributed by atoms with Crippen molar-refractivity contribution in [2.75, 3.05) is 11.9 Å². The molecule has 0 radical (unpaired) electrons. The molecule has 1 aromatic heterocycles. The lowest BCUT2D eigenvalue weighted by atomic mass is 10.1. The minimum Gasteiger partial charge on any atom is -0.710 e. The van der Waals surface area contributed by atoms with Gasteiger partial charge in [0.2, 0.25) is 12.0 Å². The van der Waals surface area contributed by atoms with Crippen LogP contribution in [-0.4, -0.2) is 28.0 Å². The molecule has 0 spiro atoms. The zero-order chi connectivity index (χ0) is 21.1. The number of imidazole rings is 1. The third-order valence-electron chi connectivity index (χ3n) is 5.69. The first-order valence-electron chi connectivity index (χ1n) is 10.1. The van der Waals surface area contributed by atoms with Crippen LogP contribution in [0.4, 0.5) is 5.69 Å². The first-order chi connectivity index (χ1) is 14.5. The van der Waals surface area contributed by atoms with E-state index < -0.39 is 5.91 Å². The van der Waals surface area contributed by atoms with Crippen LogP contribution >= 0.6 is 15.9 Å². The number of carbonyl (C=O) groups excluding carboxylic acids is 1. The molecule has 6 nitrogen and oxygen atoms in total. The fourth-order valence-electron chi connectivity index (χ4n) is 4.09. The molecule has 1 aliphatic heterocycles. The molecule has 1 saturated heterocycles. The number of likely N-dealkylation sites (tertiary alicyclic amines) is 1. The maximum absolute atomic E-state index is 12.7. The van der Waals surface area contributed by atoms with E-state index in [4.69, 9.17) is 0 Å². The Morgan fingerprint density at radius 2 is 1.93 bits per heavy atom. The van der Waals surface area contributed by atoms with Crippen molar-refractivity contribution >= 4 is 27.5 Å². The molecular formula is C23H25BrN4O2. The topological polar surface area (TPSA) is 64.2 Å². The summed E-state index contributed by atoms with van der Waals surface area (Å²) in [7, 11) is 0. The predicted octanol–water partition coefficient (Wildman–Crippen LogP) is 4.11. The van der Waals surface area contributed by atoms with Crippen LogP contribution in [-0.2, 0) is 13.1 Å². The average Bonchev–Trinajstić information content (AvgIpc) is 3.28. The van der Waals surface area contributed by atoms with E-state index in [0.29, 0.717) is 28.7 Å². The predicted molar refractivity (Wildman–Crippen MR) is 120 cm³/mol. The summed E-state index contributed by atoms with van der Waals surface area (Å²) < 4.78 is 3.52. The van der Waals surface area contributed by atoms with E-state index in [0.717, 1.165) is 30.4 Å². The SMILES string of the molecule is Cc1c(C(=O)Nc2ccc(Br)cc2)[n+]([O-])cn1C[C@@H]1CCCN1Cc1ccccc1. The van der Waals surface area contributed by atoms with Gasteiger partial charge in [0.25, 0.3) is 5.91 Å².